The molecule has 2 aromatic rings. The van der Waals surface area contributed by atoms with Crippen molar-refractivity contribution in [2.24, 2.45) is 5.73 Å². The summed E-state index contributed by atoms with van der Waals surface area (Å²) in [4.78, 5) is 0.0757. The van der Waals surface area contributed by atoms with E-state index in [0.29, 0.717) is 17.2 Å². The summed E-state index contributed by atoms with van der Waals surface area (Å²) < 4.78 is 18.5. The standard InChI is InChI=1S/C11H10FN3OS/c1-6-4-10(15-14-6)16-9-3-2-7(12)5-8(9)11(13)17/h2-5H,1H3,(H2,13,17)(H,14,15). The van der Waals surface area contributed by atoms with E-state index in [1.807, 2.05) is 6.92 Å². The number of nitrogens with two attached hydrogens (primary N) is 1. The second kappa shape index (κ2) is 4.50. The lowest BCUT2D eigenvalue weighted by atomic mass is 10.2. The lowest BCUT2D eigenvalue weighted by molar-refractivity contribution is 0.459. The summed E-state index contributed by atoms with van der Waals surface area (Å²) >= 11 is 4.83. The summed E-state index contributed by atoms with van der Waals surface area (Å²) in [5, 5.41) is 6.64. The van der Waals surface area contributed by atoms with Gasteiger partial charge in [-0.15, -0.1) is 5.10 Å². The van der Waals surface area contributed by atoms with Crippen molar-refractivity contribution in [2.75, 3.05) is 0 Å². The number of H-pyrrole nitrogens is 1. The number of nitrogens with one attached hydrogen (secondary N) is 1. The van der Waals surface area contributed by atoms with E-state index in [4.69, 9.17) is 22.7 Å². The third kappa shape index (κ3) is 2.59. The molecule has 6 heteroatoms. The van der Waals surface area contributed by atoms with E-state index in [1.54, 1.807) is 6.07 Å². The Morgan fingerprint density at radius 3 is 2.82 bits per heavy atom. The van der Waals surface area contributed by atoms with Crippen LogP contribution in [0.1, 0.15) is 11.3 Å². The quantitative estimate of drug-likeness (QED) is 0.821. The second-order valence-electron chi connectivity index (χ2n) is 3.50. The van der Waals surface area contributed by atoms with Crippen LogP contribution in [0.25, 0.3) is 0 Å². The van der Waals surface area contributed by atoms with Crippen LogP contribution in [-0.4, -0.2) is 15.2 Å². The van der Waals surface area contributed by atoms with E-state index in [2.05, 4.69) is 10.2 Å². The van der Waals surface area contributed by atoms with Crippen molar-refractivity contribution in [3.8, 4) is 11.6 Å². The van der Waals surface area contributed by atoms with Crippen LogP contribution < -0.4 is 10.5 Å². The number of ether oxygens (including phenoxy) is 1. The third-order valence-electron chi connectivity index (χ3n) is 2.10. The Kier molecular flexibility index (Phi) is 3.06. The van der Waals surface area contributed by atoms with Gasteiger partial charge in [-0.1, -0.05) is 12.2 Å². The number of nitrogens with zero attached hydrogens (tertiary/aromatic N) is 1. The highest BCUT2D eigenvalue weighted by molar-refractivity contribution is 7.80. The fraction of sp³-hybridized carbons (Fsp3) is 0.0909. The molecule has 0 spiro atoms. The molecule has 1 heterocycles. The van der Waals surface area contributed by atoms with E-state index < -0.39 is 5.82 Å². The minimum Gasteiger partial charge on any atom is -0.437 e. The number of halogens is 1. The average Bonchev–Trinajstić information content (AvgIpc) is 2.66. The number of hydrogen-bond acceptors (Lipinski definition) is 3. The molecule has 88 valence electrons. The maximum absolute atomic E-state index is 13.1. The van der Waals surface area contributed by atoms with Crippen LogP contribution in [0.15, 0.2) is 24.3 Å². The Hall–Kier alpha value is -1.95. The smallest absolute Gasteiger partial charge is 0.238 e. The maximum atomic E-state index is 13.1. The van der Waals surface area contributed by atoms with E-state index in [-0.39, 0.29) is 4.99 Å². The number of thiocarbonyl (C=S) groups is 1. The van der Waals surface area contributed by atoms with E-state index in [0.717, 1.165) is 5.69 Å². The number of aromatic amines is 1. The number of aryl methyl sites for hydroxylation is 1. The molecule has 0 bridgehead atoms. The van der Waals surface area contributed by atoms with Crippen LogP contribution in [0.3, 0.4) is 0 Å². The highest BCUT2D eigenvalue weighted by Crippen LogP contribution is 2.25. The molecule has 0 saturated heterocycles. The van der Waals surface area contributed by atoms with Gasteiger partial charge in [0.1, 0.15) is 16.6 Å². The van der Waals surface area contributed by atoms with Crippen LogP contribution in [0.5, 0.6) is 11.6 Å². The van der Waals surface area contributed by atoms with Crippen molar-refractivity contribution in [3.05, 3.63) is 41.3 Å². The zero-order chi connectivity index (χ0) is 12.4. The molecule has 1 aromatic heterocycles. The summed E-state index contributed by atoms with van der Waals surface area (Å²) in [6.07, 6.45) is 0. The Morgan fingerprint density at radius 2 is 2.24 bits per heavy atom. The fourth-order valence-corrected chi connectivity index (χ4v) is 1.50. The predicted octanol–water partition coefficient (Wildman–Crippen LogP) is 2.28. The molecule has 0 radical (unpaired) electrons. The molecule has 0 aliphatic rings. The summed E-state index contributed by atoms with van der Waals surface area (Å²) in [5.74, 6) is 0.343. The lowest BCUT2D eigenvalue weighted by Crippen LogP contribution is -2.11. The zero-order valence-electron chi connectivity index (χ0n) is 9.03. The molecule has 1 aromatic carbocycles. The molecule has 4 nitrogen and oxygen atoms in total. The first-order chi connectivity index (χ1) is 8.06. The van der Waals surface area contributed by atoms with Gasteiger partial charge >= 0.3 is 0 Å². The third-order valence-corrected chi connectivity index (χ3v) is 2.32. The highest BCUT2D eigenvalue weighted by atomic mass is 32.1. The summed E-state index contributed by atoms with van der Waals surface area (Å²) in [6, 6.07) is 5.69. The van der Waals surface area contributed by atoms with Gasteiger partial charge in [0.05, 0.1) is 5.56 Å². The first-order valence-electron chi connectivity index (χ1n) is 4.85. The Balaban J connectivity index is 2.35. The molecule has 0 unspecified atom stereocenters. The molecular formula is C11H10FN3OS. The van der Waals surface area contributed by atoms with Gasteiger partial charge in [0, 0.05) is 11.8 Å². The fourth-order valence-electron chi connectivity index (χ4n) is 1.34. The number of rotatable bonds is 3. The Morgan fingerprint density at radius 1 is 1.47 bits per heavy atom. The minimum absolute atomic E-state index is 0.0757. The Bertz CT molecular complexity index is 568. The van der Waals surface area contributed by atoms with Crippen LogP contribution in [-0.2, 0) is 0 Å². The van der Waals surface area contributed by atoms with Gasteiger partial charge in [-0.3, -0.25) is 5.10 Å². The highest BCUT2D eigenvalue weighted by Gasteiger charge is 2.10. The van der Waals surface area contributed by atoms with Crippen molar-refractivity contribution < 1.29 is 9.13 Å². The Labute approximate surface area is 103 Å². The number of hydrogen-bond donors (Lipinski definition) is 2. The van der Waals surface area contributed by atoms with Gasteiger partial charge in [0.15, 0.2) is 0 Å². The van der Waals surface area contributed by atoms with Crippen LogP contribution in [0.2, 0.25) is 0 Å². The molecule has 0 atom stereocenters. The van der Waals surface area contributed by atoms with Gasteiger partial charge in [0.25, 0.3) is 0 Å². The second-order valence-corrected chi connectivity index (χ2v) is 3.94. The largest absolute Gasteiger partial charge is 0.437 e. The predicted molar refractivity (Wildman–Crippen MR) is 65.7 cm³/mol. The summed E-state index contributed by atoms with van der Waals surface area (Å²) in [5.41, 5.74) is 6.71. The van der Waals surface area contributed by atoms with Gasteiger partial charge in [0.2, 0.25) is 5.88 Å². The number of aromatic nitrogens is 2. The van der Waals surface area contributed by atoms with Crippen LogP contribution in [0.4, 0.5) is 4.39 Å². The molecule has 3 N–H and O–H groups in total. The van der Waals surface area contributed by atoms with Crippen LogP contribution >= 0.6 is 12.2 Å². The molecule has 0 aliphatic heterocycles. The monoisotopic (exact) mass is 251 g/mol. The molecule has 0 saturated carbocycles. The average molecular weight is 251 g/mol. The van der Waals surface area contributed by atoms with Gasteiger partial charge < -0.3 is 10.5 Å². The summed E-state index contributed by atoms with van der Waals surface area (Å²) in [7, 11) is 0. The SMILES string of the molecule is Cc1cc(Oc2ccc(F)cc2C(N)=S)n[nH]1. The van der Waals surface area contributed by atoms with Gasteiger partial charge in [-0.25, -0.2) is 4.39 Å². The van der Waals surface area contributed by atoms with Crippen molar-refractivity contribution in [1.29, 1.82) is 0 Å². The van der Waals surface area contributed by atoms with Crippen LogP contribution in [0, 0.1) is 12.7 Å². The van der Waals surface area contributed by atoms with Crippen molar-refractivity contribution in [3.63, 3.8) is 0 Å². The summed E-state index contributed by atoms with van der Waals surface area (Å²) in [6.45, 7) is 1.85. The molecule has 0 aliphatic carbocycles. The van der Waals surface area contributed by atoms with E-state index in [1.165, 1.54) is 18.2 Å². The molecule has 0 amide bonds. The van der Waals surface area contributed by atoms with E-state index >= 15 is 0 Å². The first-order valence-corrected chi connectivity index (χ1v) is 5.26. The number of benzene rings is 1. The topological polar surface area (TPSA) is 63.9 Å². The lowest BCUT2D eigenvalue weighted by Gasteiger charge is -2.07. The van der Waals surface area contributed by atoms with Gasteiger partial charge in [-0.05, 0) is 25.1 Å². The molecule has 0 fully saturated rings. The first kappa shape index (κ1) is 11.5. The maximum Gasteiger partial charge on any atom is 0.238 e. The molecule has 2 rings (SSSR count). The normalized spacial score (nSPS) is 10.2. The van der Waals surface area contributed by atoms with Crippen molar-refractivity contribution in [2.45, 2.75) is 6.92 Å². The molecular weight excluding hydrogens is 241 g/mol. The van der Waals surface area contributed by atoms with Crippen molar-refractivity contribution in [1.82, 2.24) is 10.2 Å². The minimum atomic E-state index is -0.418. The van der Waals surface area contributed by atoms with E-state index in [9.17, 15) is 4.39 Å². The zero-order valence-corrected chi connectivity index (χ0v) is 9.84. The van der Waals surface area contributed by atoms with Crippen molar-refractivity contribution >= 4 is 17.2 Å². The van der Waals surface area contributed by atoms with Gasteiger partial charge in [-0.2, -0.15) is 0 Å². The molecule has 17 heavy (non-hydrogen) atoms.